The van der Waals surface area contributed by atoms with E-state index in [0.717, 1.165) is 35.0 Å². The fourth-order valence-corrected chi connectivity index (χ4v) is 3.77. The van der Waals surface area contributed by atoms with Crippen LogP contribution in [0.4, 0.5) is 11.5 Å². The predicted molar refractivity (Wildman–Crippen MR) is 128 cm³/mol. The quantitative estimate of drug-likeness (QED) is 0.412. The van der Waals surface area contributed by atoms with Gasteiger partial charge in [0.25, 0.3) is 5.91 Å². The number of nitrogens with zero attached hydrogens (tertiary/aromatic N) is 2. The number of carbonyl (C=O) groups excluding carboxylic acids is 1. The van der Waals surface area contributed by atoms with Crippen molar-refractivity contribution in [1.29, 1.82) is 0 Å². The molecule has 1 unspecified atom stereocenters. The van der Waals surface area contributed by atoms with Crippen LogP contribution in [-0.4, -0.2) is 39.7 Å². The Kier molecular flexibility index (Phi) is 6.36. The van der Waals surface area contributed by atoms with Crippen LogP contribution in [0.5, 0.6) is 0 Å². The summed E-state index contributed by atoms with van der Waals surface area (Å²) in [5.74, 6) is 6.24. The highest BCUT2D eigenvalue weighted by Crippen LogP contribution is 2.51. The molecule has 1 atom stereocenters. The van der Waals surface area contributed by atoms with E-state index in [2.05, 4.69) is 39.0 Å². The maximum atomic E-state index is 12.8. The number of benzene rings is 1. The maximum absolute atomic E-state index is 12.8. The summed E-state index contributed by atoms with van der Waals surface area (Å²) in [7, 11) is 1.63. The minimum Gasteiger partial charge on any atom is -0.396 e. The van der Waals surface area contributed by atoms with Crippen molar-refractivity contribution in [3.8, 4) is 11.8 Å². The second-order valence-corrected chi connectivity index (χ2v) is 8.97. The third kappa shape index (κ3) is 4.85. The topological polar surface area (TPSA) is 126 Å². The highest BCUT2D eigenvalue weighted by molar-refractivity contribution is 6.04. The Hall–Kier alpha value is -3.41. The number of ether oxygens (including phenoxy) is 1. The van der Waals surface area contributed by atoms with Crippen LogP contribution >= 0.6 is 0 Å². The number of H-pyrrole nitrogens is 1. The smallest absolute Gasteiger partial charge is 0.293 e. The van der Waals surface area contributed by atoms with Gasteiger partial charge in [-0.1, -0.05) is 31.9 Å². The van der Waals surface area contributed by atoms with Gasteiger partial charge in [0.2, 0.25) is 5.82 Å². The third-order valence-electron chi connectivity index (χ3n) is 5.99. The number of nitrogens with two attached hydrogens (primary N) is 1. The molecule has 1 aromatic carbocycles. The molecule has 33 heavy (non-hydrogen) atoms. The van der Waals surface area contributed by atoms with Crippen molar-refractivity contribution >= 4 is 28.4 Å². The van der Waals surface area contributed by atoms with Crippen LogP contribution < -0.4 is 11.1 Å². The summed E-state index contributed by atoms with van der Waals surface area (Å²) in [4.78, 5) is 24.9. The number of methoxy groups -OCH3 is 1. The lowest BCUT2D eigenvalue weighted by atomic mass is 9.95. The van der Waals surface area contributed by atoms with Crippen molar-refractivity contribution in [3.63, 3.8) is 0 Å². The summed E-state index contributed by atoms with van der Waals surface area (Å²) in [5, 5.41) is 12.8. The van der Waals surface area contributed by atoms with Crippen LogP contribution in [-0.2, 0) is 16.8 Å². The Morgan fingerprint density at radius 2 is 2.06 bits per heavy atom. The fraction of sp³-hybridized carbons (Fsp3) is 0.400. The van der Waals surface area contributed by atoms with Crippen LogP contribution in [0.3, 0.4) is 0 Å². The first-order chi connectivity index (χ1) is 15.8. The highest BCUT2D eigenvalue weighted by atomic mass is 16.5. The monoisotopic (exact) mass is 447 g/mol. The van der Waals surface area contributed by atoms with Gasteiger partial charge in [0, 0.05) is 31.4 Å². The molecule has 8 heteroatoms. The van der Waals surface area contributed by atoms with Crippen molar-refractivity contribution in [3.05, 3.63) is 46.9 Å². The number of nitrogens with one attached hydrogen (secondary N) is 2. The average Bonchev–Trinajstić information content (AvgIpc) is 3.42. The Bertz CT molecular complexity index is 1230. The zero-order valence-electron chi connectivity index (χ0n) is 19.2. The van der Waals surface area contributed by atoms with Crippen molar-refractivity contribution in [2.24, 2.45) is 5.92 Å². The molecule has 2 heterocycles. The van der Waals surface area contributed by atoms with Crippen molar-refractivity contribution in [2.75, 3.05) is 24.8 Å². The lowest BCUT2D eigenvalue weighted by molar-refractivity contribution is 0.101. The molecule has 1 aliphatic rings. The zero-order chi connectivity index (χ0) is 23.6. The van der Waals surface area contributed by atoms with Gasteiger partial charge < -0.3 is 25.9 Å². The molecule has 1 amide bonds. The lowest BCUT2D eigenvalue weighted by Crippen LogP contribution is -2.17. The first-order valence-corrected chi connectivity index (χ1v) is 11.0. The summed E-state index contributed by atoms with van der Waals surface area (Å²) in [6.07, 6.45) is 2.64. The summed E-state index contributed by atoms with van der Waals surface area (Å²) in [6.45, 7) is 4.72. The Morgan fingerprint density at radius 3 is 2.70 bits per heavy atom. The van der Waals surface area contributed by atoms with E-state index in [1.807, 2.05) is 19.1 Å². The molecular weight excluding hydrogens is 418 g/mol. The van der Waals surface area contributed by atoms with Crippen LogP contribution in [0, 0.1) is 17.8 Å². The molecule has 5 N–H and O–H groups in total. The number of hydrogen-bond donors (Lipinski definition) is 4. The second-order valence-electron chi connectivity index (χ2n) is 8.97. The lowest BCUT2D eigenvalue weighted by Gasteiger charge is -2.10. The van der Waals surface area contributed by atoms with Crippen LogP contribution in [0.2, 0.25) is 0 Å². The average molecular weight is 448 g/mol. The fourth-order valence-electron chi connectivity index (χ4n) is 3.77. The van der Waals surface area contributed by atoms with Gasteiger partial charge in [0.05, 0.1) is 17.7 Å². The zero-order valence-corrected chi connectivity index (χ0v) is 19.2. The van der Waals surface area contributed by atoms with E-state index in [-0.39, 0.29) is 29.6 Å². The molecule has 8 nitrogen and oxygen atoms in total. The largest absolute Gasteiger partial charge is 0.396 e. The van der Waals surface area contributed by atoms with Gasteiger partial charge in [-0.2, -0.15) is 0 Å². The molecule has 0 bridgehead atoms. The van der Waals surface area contributed by atoms with E-state index in [1.54, 1.807) is 19.2 Å². The molecule has 0 radical (unpaired) electrons. The Morgan fingerprint density at radius 1 is 1.33 bits per heavy atom. The number of carbonyl (C=O) groups is 1. The van der Waals surface area contributed by atoms with Gasteiger partial charge in [-0.05, 0) is 47.8 Å². The third-order valence-corrected chi connectivity index (χ3v) is 5.99. The summed E-state index contributed by atoms with van der Waals surface area (Å²) in [5.41, 5.74) is 10.2. The van der Waals surface area contributed by atoms with Gasteiger partial charge in [-0.15, -0.1) is 0 Å². The van der Waals surface area contributed by atoms with E-state index in [9.17, 15) is 9.90 Å². The molecular formula is C25H29N5O3. The minimum atomic E-state index is -0.443. The highest BCUT2D eigenvalue weighted by Gasteiger charge is 2.43. The van der Waals surface area contributed by atoms with Gasteiger partial charge >= 0.3 is 0 Å². The number of rotatable bonds is 7. The Balaban J connectivity index is 1.65. The SMILES string of the molecule is COCc1ccc(NC(=O)c2nc(N)c3c(C4(C)CC4)c(C#CCC(C)CO)[nH]c3n2)cc1. The number of aliphatic hydroxyl groups is 1. The molecule has 172 valence electrons. The van der Waals surface area contributed by atoms with Crippen LogP contribution in [0.25, 0.3) is 11.0 Å². The van der Waals surface area contributed by atoms with Gasteiger partial charge in [-0.3, -0.25) is 4.79 Å². The van der Waals surface area contributed by atoms with Crippen LogP contribution in [0.15, 0.2) is 24.3 Å². The minimum absolute atomic E-state index is 0.0110. The summed E-state index contributed by atoms with van der Waals surface area (Å²) in [6, 6.07) is 7.37. The number of nitrogen functional groups attached to an aromatic ring is 1. The molecule has 0 aliphatic heterocycles. The van der Waals surface area contributed by atoms with E-state index < -0.39 is 5.91 Å². The molecule has 1 fully saturated rings. The van der Waals surface area contributed by atoms with Gasteiger partial charge in [0.1, 0.15) is 11.5 Å². The first kappa shape index (κ1) is 22.8. The predicted octanol–water partition coefficient (Wildman–Crippen LogP) is 3.36. The number of anilines is 2. The summed E-state index contributed by atoms with van der Waals surface area (Å²) < 4.78 is 5.11. The number of aliphatic hydroxyl groups excluding tert-OH is 1. The molecule has 0 saturated heterocycles. The standard InChI is InChI=1S/C25H29N5O3/c1-15(13-31)5-4-6-18-20(25(2)11-12-25)19-21(26)29-23(30-22(19)28-18)24(32)27-17-9-7-16(8-10-17)14-33-3/h7-10,15,31H,5,11-14H2,1-3H3,(H,27,32)(H3,26,28,29,30). The van der Waals surface area contributed by atoms with Crippen LogP contribution in [0.1, 0.15) is 60.5 Å². The van der Waals surface area contributed by atoms with Crippen molar-refractivity contribution in [2.45, 2.75) is 45.1 Å². The molecule has 0 spiro atoms. The number of hydrogen-bond acceptors (Lipinski definition) is 6. The van der Waals surface area contributed by atoms with Crippen molar-refractivity contribution < 1.29 is 14.6 Å². The van der Waals surface area contributed by atoms with Crippen molar-refractivity contribution in [1.82, 2.24) is 15.0 Å². The second kappa shape index (κ2) is 9.22. The molecule has 1 saturated carbocycles. The van der Waals surface area contributed by atoms with E-state index in [4.69, 9.17) is 10.5 Å². The maximum Gasteiger partial charge on any atom is 0.293 e. The number of aromatic amines is 1. The number of fused-ring (bicyclic) bond motifs is 1. The number of amides is 1. The summed E-state index contributed by atoms with van der Waals surface area (Å²) >= 11 is 0. The molecule has 3 aromatic rings. The Labute approximate surface area is 193 Å². The normalized spacial score (nSPS) is 15.0. The molecule has 4 rings (SSSR count). The van der Waals surface area contributed by atoms with E-state index in [1.165, 1.54) is 0 Å². The molecule has 1 aliphatic carbocycles. The first-order valence-electron chi connectivity index (χ1n) is 11.0. The molecule has 2 aromatic heterocycles. The van der Waals surface area contributed by atoms with E-state index >= 15 is 0 Å². The van der Waals surface area contributed by atoms with Gasteiger partial charge in [0.15, 0.2) is 0 Å². The van der Waals surface area contributed by atoms with Gasteiger partial charge in [-0.25, -0.2) is 9.97 Å². The van der Waals surface area contributed by atoms with E-state index in [0.29, 0.717) is 24.4 Å². The number of aromatic nitrogens is 3.